The summed E-state index contributed by atoms with van der Waals surface area (Å²) in [6.07, 6.45) is -0.299. The smallest absolute Gasteiger partial charge is 0.226 e. The average Bonchev–Trinajstić information content (AvgIpc) is 2.57. The van der Waals surface area contributed by atoms with Crippen molar-refractivity contribution in [1.29, 1.82) is 0 Å². The summed E-state index contributed by atoms with van der Waals surface area (Å²) in [6.45, 7) is 1.03. The number of halogens is 4. The van der Waals surface area contributed by atoms with Gasteiger partial charge in [0.2, 0.25) is 11.8 Å². The van der Waals surface area contributed by atoms with Gasteiger partial charge >= 0.3 is 0 Å². The summed E-state index contributed by atoms with van der Waals surface area (Å²) in [7, 11) is 0. The fourth-order valence-corrected chi connectivity index (χ4v) is 2.17. The van der Waals surface area contributed by atoms with Crippen LogP contribution in [-0.4, -0.2) is 18.4 Å². The lowest BCUT2D eigenvalue weighted by Crippen LogP contribution is -2.32. The summed E-state index contributed by atoms with van der Waals surface area (Å²) in [5, 5.41) is 2.09. The van der Waals surface area contributed by atoms with Crippen LogP contribution in [0, 0.1) is 23.3 Å². The van der Waals surface area contributed by atoms with Crippen molar-refractivity contribution in [3.8, 4) is 0 Å². The number of hydrogen-bond donors (Lipinski definition) is 1. The van der Waals surface area contributed by atoms with Crippen LogP contribution in [0.4, 0.5) is 28.9 Å². The van der Waals surface area contributed by atoms with E-state index in [4.69, 9.17) is 0 Å². The second kappa shape index (κ2) is 7.78. The van der Waals surface area contributed by atoms with Crippen molar-refractivity contribution in [2.45, 2.75) is 13.3 Å². The van der Waals surface area contributed by atoms with Crippen molar-refractivity contribution in [3.05, 3.63) is 59.7 Å². The predicted molar refractivity (Wildman–Crippen MR) is 84.0 cm³/mol. The first-order valence-electron chi connectivity index (χ1n) is 7.27. The Hall–Kier alpha value is -2.90. The number of carbonyl (C=O) groups excluding carboxylic acids is 2. The molecule has 0 aliphatic carbocycles. The lowest BCUT2D eigenvalue weighted by atomic mass is 10.2. The number of anilines is 2. The molecule has 132 valence electrons. The van der Waals surface area contributed by atoms with Crippen LogP contribution in [-0.2, 0) is 9.59 Å². The highest BCUT2D eigenvalue weighted by Crippen LogP contribution is 2.21. The van der Waals surface area contributed by atoms with Crippen LogP contribution in [0.5, 0.6) is 0 Å². The number of carbonyl (C=O) groups is 2. The maximum absolute atomic E-state index is 13.8. The molecular formula is C17H14F4N2O2. The van der Waals surface area contributed by atoms with Crippen LogP contribution in [0.1, 0.15) is 13.3 Å². The molecule has 2 aromatic carbocycles. The van der Waals surface area contributed by atoms with E-state index in [1.54, 1.807) is 0 Å². The molecule has 1 N–H and O–H groups in total. The molecule has 0 saturated carbocycles. The minimum absolute atomic E-state index is 0.00167. The Bertz CT molecular complexity index is 811. The third kappa shape index (κ3) is 4.34. The lowest BCUT2D eigenvalue weighted by Gasteiger charge is -2.21. The molecule has 8 heteroatoms. The van der Waals surface area contributed by atoms with E-state index in [9.17, 15) is 27.2 Å². The third-order valence-electron chi connectivity index (χ3n) is 3.40. The maximum atomic E-state index is 13.8. The van der Waals surface area contributed by atoms with E-state index in [1.807, 2.05) is 0 Å². The highest BCUT2D eigenvalue weighted by Gasteiger charge is 2.18. The van der Waals surface area contributed by atoms with Crippen molar-refractivity contribution in [1.82, 2.24) is 0 Å². The zero-order chi connectivity index (χ0) is 18.6. The minimum atomic E-state index is -1.70. The number of para-hydroxylation sites is 1. The van der Waals surface area contributed by atoms with Gasteiger partial charge in [0.15, 0.2) is 17.5 Å². The molecule has 0 aromatic heterocycles. The number of rotatable bonds is 5. The largest absolute Gasteiger partial charge is 0.323 e. The minimum Gasteiger partial charge on any atom is -0.323 e. The molecule has 0 heterocycles. The molecule has 0 saturated heterocycles. The molecule has 4 nitrogen and oxygen atoms in total. The van der Waals surface area contributed by atoms with Crippen molar-refractivity contribution in [3.63, 3.8) is 0 Å². The van der Waals surface area contributed by atoms with Gasteiger partial charge in [0, 0.05) is 19.9 Å². The van der Waals surface area contributed by atoms with Crippen LogP contribution in [0.2, 0.25) is 0 Å². The molecule has 25 heavy (non-hydrogen) atoms. The highest BCUT2D eigenvalue weighted by atomic mass is 19.2. The van der Waals surface area contributed by atoms with Gasteiger partial charge in [-0.1, -0.05) is 12.1 Å². The molecule has 0 fully saturated rings. The Morgan fingerprint density at radius 2 is 1.64 bits per heavy atom. The topological polar surface area (TPSA) is 49.4 Å². The first kappa shape index (κ1) is 18.4. The van der Waals surface area contributed by atoms with Gasteiger partial charge in [-0.15, -0.1) is 0 Å². The van der Waals surface area contributed by atoms with E-state index in [1.165, 1.54) is 31.2 Å². The maximum Gasteiger partial charge on any atom is 0.226 e. The van der Waals surface area contributed by atoms with Crippen LogP contribution in [0.25, 0.3) is 0 Å². The Balaban J connectivity index is 2.06. The molecular weight excluding hydrogens is 340 g/mol. The van der Waals surface area contributed by atoms with Crippen molar-refractivity contribution >= 4 is 23.2 Å². The van der Waals surface area contributed by atoms with E-state index in [0.717, 1.165) is 11.0 Å². The Labute approximate surface area is 141 Å². The molecule has 0 bridgehead atoms. The molecule has 0 aliphatic rings. The van der Waals surface area contributed by atoms with Crippen LogP contribution in [0.3, 0.4) is 0 Å². The van der Waals surface area contributed by atoms with Gasteiger partial charge in [-0.3, -0.25) is 9.59 Å². The lowest BCUT2D eigenvalue weighted by molar-refractivity contribution is -0.117. The summed E-state index contributed by atoms with van der Waals surface area (Å²) in [5.41, 5.74) is -0.522. The predicted octanol–water partition coefficient (Wildman–Crippen LogP) is 3.62. The fraction of sp³-hybridized carbons (Fsp3) is 0.176. The van der Waals surface area contributed by atoms with Crippen molar-refractivity contribution in [2.75, 3.05) is 16.8 Å². The number of hydrogen-bond acceptors (Lipinski definition) is 2. The fourth-order valence-electron chi connectivity index (χ4n) is 2.17. The molecule has 0 atom stereocenters. The molecule has 2 aromatic rings. The zero-order valence-electron chi connectivity index (χ0n) is 13.2. The highest BCUT2D eigenvalue weighted by molar-refractivity contribution is 5.94. The third-order valence-corrected chi connectivity index (χ3v) is 3.40. The van der Waals surface area contributed by atoms with Gasteiger partial charge in [0.25, 0.3) is 0 Å². The van der Waals surface area contributed by atoms with E-state index < -0.39 is 40.8 Å². The molecule has 0 unspecified atom stereocenters. The normalized spacial score (nSPS) is 10.4. The number of nitrogens with one attached hydrogen (secondary N) is 1. The van der Waals surface area contributed by atoms with E-state index in [-0.39, 0.29) is 18.7 Å². The van der Waals surface area contributed by atoms with E-state index in [0.29, 0.717) is 6.07 Å². The number of benzene rings is 2. The van der Waals surface area contributed by atoms with Crippen LogP contribution < -0.4 is 10.2 Å². The molecule has 0 radical (unpaired) electrons. The zero-order valence-corrected chi connectivity index (χ0v) is 13.2. The quantitative estimate of drug-likeness (QED) is 0.659. The van der Waals surface area contributed by atoms with Gasteiger partial charge in [-0.25, -0.2) is 17.6 Å². The second-order valence-corrected chi connectivity index (χ2v) is 5.14. The SMILES string of the molecule is CC(=O)N(CCC(=O)Nc1ccc(F)c(F)c1F)c1ccccc1F. The summed E-state index contributed by atoms with van der Waals surface area (Å²) in [6, 6.07) is 7.09. The summed E-state index contributed by atoms with van der Waals surface area (Å²) >= 11 is 0. The van der Waals surface area contributed by atoms with Crippen molar-refractivity contribution in [2.24, 2.45) is 0 Å². The summed E-state index contributed by atoms with van der Waals surface area (Å²) < 4.78 is 53.3. The number of amides is 2. The Morgan fingerprint density at radius 1 is 0.960 bits per heavy atom. The van der Waals surface area contributed by atoms with Crippen LogP contribution >= 0.6 is 0 Å². The average molecular weight is 354 g/mol. The van der Waals surface area contributed by atoms with Gasteiger partial charge < -0.3 is 10.2 Å². The van der Waals surface area contributed by atoms with Crippen molar-refractivity contribution < 1.29 is 27.2 Å². The Kier molecular flexibility index (Phi) is 5.74. The molecule has 0 aliphatic heterocycles. The summed E-state index contributed by atoms with van der Waals surface area (Å²) in [4.78, 5) is 24.6. The Morgan fingerprint density at radius 3 is 2.28 bits per heavy atom. The van der Waals surface area contributed by atoms with Gasteiger partial charge in [-0.05, 0) is 24.3 Å². The standard InChI is InChI=1S/C17H14F4N2O2/c1-10(24)23(14-5-3-2-4-11(14)18)9-8-15(25)22-13-7-6-12(19)16(20)17(13)21/h2-7H,8-9H2,1H3,(H,22,25). The molecule has 2 rings (SSSR count). The van der Waals surface area contributed by atoms with Gasteiger partial charge in [0.1, 0.15) is 5.82 Å². The van der Waals surface area contributed by atoms with Gasteiger partial charge in [0.05, 0.1) is 11.4 Å². The van der Waals surface area contributed by atoms with Gasteiger partial charge in [-0.2, -0.15) is 0 Å². The van der Waals surface area contributed by atoms with E-state index in [2.05, 4.69) is 5.32 Å². The first-order chi connectivity index (χ1) is 11.8. The summed E-state index contributed by atoms with van der Waals surface area (Å²) in [5.74, 6) is -6.47. The molecule has 0 spiro atoms. The number of nitrogens with zero attached hydrogens (tertiary/aromatic N) is 1. The monoisotopic (exact) mass is 354 g/mol. The molecule has 2 amide bonds. The second-order valence-electron chi connectivity index (χ2n) is 5.14. The first-order valence-corrected chi connectivity index (χ1v) is 7.27. The van der Waals surface area contributed by atoms with E-state index >= 15 is 0 Å². The van der Waals surface area contributed by atoms with Crippen LogP contribution in [0.15, 0.2) is 36.4 Å².